The summed E-state index contributed by atoms with van der Waals surface area (Å²) in [5.74, 6) is -0.277. The third-order valence-corrected chi connectivity index (χ3v) is 2.65. The molecule has 16 heavy (non-hydrogen) atoms. The van der Waals surface area contributed by atoms with Gasteiger partial charge in [0.25, 0.3) is 0 Å². The molecule has 1 aliphatic rings. The van der Waals surface area contributed by atoms with Crippen LogP contribution < -0.4 is 0 Å². The average molecular weight is 223 g/mol. The molecule has 0 N–H and O–H groups in total. The maximum Gasteiger partial charge on any atom is 0.314 e. The van der Waals surface area contributed by atoms with E-state index in [1.165, 1.54) is 0 Å². The van der Waals surface area contributed by atoms with E-state index in [0.717, 1.165) is 19.1 Å². The highest BCUT2D eigenvalue weighted by Gasteiger charge is 2.51. The predicted molar refractivity (Wildman–Crippen MR) is 57.9 cm³/mol. The van der Waals surface area contributed by atoms with E-state index < -0.39 is 0 Å². The Bertz CT molecular complexity index is 339. The first-order chi connectivity index (χ1) is 7.51. The zero-order valence-corrected chi connectivity index (χ0v) is 9.95. The van der Waals surface area contributed by atoms with Crippen molar-refractivity contribution in [2.24, 2.45) is 11.3 Å². The van der Waals surface area contributed by atoms with Crippen molar-refractivity contribution in [1.29, 1.82) is 5.26 Å². The summed E-state index contributed by atoms with van der Waals surface area (Å²) in [5, 5.41) is 8.69. The fraction of sp³-hybridized carbons (Fsp3) is 0.667. The average Bonchev–Trinajstić information content (AvgIpc) is 2.88. The Morgan fingerprint density at radius 1 is 1.62 bits per heavy atom. The van der Waals surface area contributed by atoms with Crippen LogP contribution >= 0.6 is 0 Å². The third kappa shape index (κ3) is 3.27. The summed E-state index contributed by atoms with van der Waals surface area (Å²) in [6.45, 7) is 6.42. The lowest BCUT2D eigenvalue weighted by molar-refractivity contribution is -0.140. The van der Waals surface area contributed by atoms with Gasteiger partial charge in [-0.3, -0.25) is 4.79 Å². The Morgan fingerprint density at radius 2 is 2.25 bits per heavy atom. The van der Waals surface area contributed by atoms with Gasteiger partial charge in [-0.1, -0.05) is 20.8 Å². The summed E-state index contributed by atoms with van der Waals surface area (Å²) >= 11 is 0. The molecular formula is C12H17NO3. The van der Waals surface area contributed by atoms with E-state index in [4.69, 9.17) is 14.7 Å². The summed E-state index contributed by atoms with van der Waals surface area (Å²) < 4.78 is 9.97. The first kappa shape index (κ1) is 12.6. The van der Waals surface area contributed by atoms with Crippen molar-refractivity contribution in [3.63, 3.8) is 0 Å². The number of nitriles is 1. The Labute approximate surface area is 95.8 Å². The van der Waals surface area contributed by atoms with Gasteiger partial charge < -0.3 is 9.47 Å². The summed E-state index contributed by atoms with van der Waals surface area (Å²) in [5.41, 5.74) is 0.0437. The molecule has 88 valence electrons. The highest BCUT2D eigenvalue weighted by molar-refractivity contribution is 5.77. The molecule has 0 aromatic heterocycles. The molecule has 0 aromatic carbocycles. The quantitative estimate of drug-likeness (QED) is 0.408. The van der Waals surface area contributed by atoms with E-state index in [-0.39, 0.29) is 23.1 Å². The molecule has 1 rings (SSSR count). The summed E-state index contributed by atoms with van der Waals surface area (Å²) in [6.07, 6.45) is 2.76. The minimum atomic E-state index is -0.280. The van der Waals surface area contributed by atoms with Crippen molar-refractivity contribution < 1.29 is 14.3 Å². The van der Waals surface area contributed by atoms with Gasteiger partial charge in [0, 0.05) is 0 Å². The van der Waals surface area contributed by atoms with Crippen molar-refractivity contribution in [3.8, 4) is 6.07 Å². The number of nitrogens with zero attached hydrogens (tertiary/aromatic N) is 1. The Morgan fingerprint density at radius 3 is 2.69 bits per heavy atom. The van der Waals surface area contributed by atoms with E-state index in [2.05, 4.69) is 0 Å². The SMILES string of the molecule is CCCO/C(C#N)=C/OC(=O)C1CC1(C)C. The Hall–Kier alpha value is -1.50. The Balaban J connectivity index is 2.40. The van der Waals surface area contributed by atoms with Gasteiger partial charge in [0.2, 0.25) is 5.76 Å². The lowest BCUT2D eigenvalue weighted by atomic mass is 10.1. The van der Waals surface area contributed by atoms with Crippen LogP contribution in [0.4, 0.5) is 0 Å². The van der Waals surface area contributed by atoms with Crippen LogP contribution in [0.25, 0.3) is 0 Å². The monoisotopic (exact) mass is 223 g/mol. The normalized spacial score (nSPS) is 22.1. The number of carbonyl (C=O) groups excluding carboxylic acids is 1. The lowest BCUT2D eigenvalue weighted by Gasteiger charge is -2.03. The maximum atomic E-state index is 11.5. The van der Waals surface area contributed by atoms with Crippen LogP contribution in [-0.2, 0) is 14.3 Å². The van der Waals surface area contributed by atoms with Crippen LogP contribution in [0, 0.1) is 22.7 Å². The molecule has 0 heterocycles. The van der Waals surface area contributed by atoms with Gasteiger partial charge >= 0.3 is 5.97 Å². The number of esters is 1. The number of ether oxygens (including phenoxy) is 2. The molecule has 0 aliphatic heterocycles. The van der Waals surface area contributed by atoms with Crippen LogP contribution in [0.2, 0.25) is 0 Å². The predicted octanol–water partition coefficient (Wildman–Crippen LogP) is 2.37. The van der Waals surface area contributed by atoms with E-state index >= 15 is 0 Å². The molecule has 4 heteroatoms. The molecule has 1 fully saturated rings. The van der Waals surface area contributed by atoms with Crippen LogP contribution in [0.1, 0.15) is 33.6 Å². The topological polar surface area (TPSA) is 59.3 Å². The van der Waals surface area contributed by atoms with Gasteiger partial charge in [-0.05, 0) is 18.3 Å². The lowest BCUT2D eigenvalue weighted by Crippen LogP contribution is -2.07. The Kier molecular flexibility index (Phi) is 3.94. The van der Waals surface area contributed by atoms with E-state index in [0.29, 0.717) is 6.61 Å². The number of allylic oxidation sites excluding steroid dienone is 1. The molecule has 1 atom stereocenters. The van der Waals surface area contributed by atoms with Gasteiger partial charge in [0.1, 0.15) is 12.3 Å². The number of hydrogen-bond donors (Lipinski definition) is 0. The maximum absolute atomic E-state index is 11.5. The summed E-state index contributed by atoms with van der Waals surface area (Å²) in [4.78, 5) is 11.5. The molecule has 0 spiro atoms. The summed E-state index contributed by atoms with van der Waals surface area (Å²) in [7, 11) is 0. The van der Waals surface area contributed by atoms with Crippen LogP contribution in [0.5, 0.6) is 0 Å². The van der Waals surface area contributed by atoms with Crippen LogP contribution in [0.3, 0.4) is 0 Å². The fourth-order valence-corrected chi connectivity index (χ4v) is 1.37. The first-order valence-electron chi connectivity index (χ1n) is 5.45. The second-order valence-corrected chi connectivity index (χ2v) is 4.62. The van der Waals surface area contributed by atoms with Crippen molar-refractivity contribution in [3.05, 3.63) is 12.0 Å². The van der Waals surface area contributed by atoms with Crippen LogP contribution in [-0.4, -0.2) is 12.6 Å². The smallest absolute Gasteiger partial charge is 0.314 e. The molecule has 0 aromatic rings. The fourth-order valence-electron chi connectivity index (χ4n) is 1.37. The highest BCUT2D eigenvalue weighted by atomic mass is 16.5. The first-order valence-corrected chi connectivity index (χ1v) is 5.45. The van der Waals surface area contributed by atoms with Crippen LogP contribution in [0.15, 0.2) is 12.0 Å². The van der Waals surface area contributed by atoms with Gasteiger partial charge in [-0.2, -0.15) is 5.26 Å². The van der Waals surface area contributed by atoms with Gasteiger partial charge in [-0.15, -0.1) is 0 Å². The van der Waals surface area contributed by atoms with Crippen molar-refractivity contribution in [1.82, 2.24) is 0 Å². The highest BCUT2D eigenvalue weighted by Crippen LogP contribution is 2.52. The minimum Gasteiger partial charge on any atom is -0.482 e. The standard InChI is InChI=1S/C12H17NO3/c1-4-5-15-9(7-13)8-16-11(14)10-6-12(10,2)3/h8,10H,4-6H2,1-3H3/b9-8+. The number of carbonyl (C=O) groups is 1. The minimum absolute atomic E-state index is 0.0437. The molecule has 0 radical (unpaired) electrons. The third-order valence-electron chi connectivity index (χ3n) is 2.65. The van der Waals surface area contributed by atoms with E-state index in [9.17, 15) is 4.79 Å². The van der Waals surface area contributed by atoms with Gasteiger partial charge in [0.05, 0.1) is 12.5 Å². The second-order valence-electron chi connectivity index (χ2n) is 4.62. The van der Waals surface area contributed by atoms with Crippen molar-refractivity contribution in [2.75, 3.05) is 6.61 Å². The van der Waals surface area contributed by atoms with E-state index in [1.807, 2.05) is 26.8 Å². The molecule has 4 nitrogen and oxygen atoms in total. The van der Waals surface area contributed by atoms with Crippen molar-refractivity contribution >= 4 is 5.97 Å². The molecule has 1 saturated carbocycles. The zero-order chi connectivity index (χ0) is 12.2. The largest absolute Gasteiger partial charge is 0.482 e. The molecule has 0 amide bonds. The molecule has 0 saturated heterocycles. The molecule has 1 unspecified atom stereocenters. The van der Waals surface area contributed by atoms with Gasteiger partial charge in [-0.25, -0.2) is 0 Å². The zero-order valence-electron chi connectivity index (χ0n) is 9.95. The number of hydrogen-bond acceptors (Lipinski definition) is 4. The van der Waals surface area contributed by atoms with Crippen molar-refractivity contribution in [2.45, 2.75) is 33.6 Å². The second kappa shape index (κ2) is 5.02. The van der Waals surface area contributed by atoms with Gasteiger partial charge in [0.15, 0.2) is 0 Å². The molecule has 0 bridgehead atoms. The number of rotatable bonds is 5. The summed E-state index contributed by atoms with van der Waals surface area (Å²) in [6, 6.07) is 1.83. The van der Waals surface area contributed by atoms with E-state index in [1.54, 1.807) is 0 Å². The molecular weight excluding hydrogens is 206 g/mol. The molecule has 1 aliphatic carbocycles.